The van der Waals surface area contributed by atoms with Gasteiger partial charge in [0.15, 0.2) is 0 Å². The third kappa shape index (κ3) is 4.48. The van der Waals surface area contributed by atoms with Gasteiger partial charge in [-0.25, -0.2) is 0 Å². The summed E-state index contributed by atoms with van der Waals surface area (Å²) in [4.78, 5) is 28.1. The second kappa shape index (κ2) is 8.13. The highest BCUT2D eigenvalue weighted by Crippen LogP contribution is 2.33. The first kappa shape index (κ1) is 18.1. The van der Waals surface area contributed by atoms with Crippen LogP contribution in [-0.4, -0.2) is 22.6 Å². The Morgan fingerprint density at radius 1 is 1.04 bits per heavy atom. The van der Waals surface area contributed by atoms with E-state index in [1.54, 1.807) is 17.8 Å². The highest BCUT2D eigenvalue weighted by atomic mass is 35.5. The van der Waals surface area contributed by atoms with Crippen molar-refractivity contribution in [3.05, 3.63) is 64.0 Å². The molecule has 0 aliphatic carbocycles. The van der Waals surface area contributed by atoms with Gasteiger partial charge in [-0.2, -0.15) is 0 Å². The van der Waals surface area contributed by atoms with Crippen LogP contribution in [0.4, 0.5) is 4.79 Å². The predicted octanol–water partition coefficient (Wildman–Crippen LogP) is 5.94. The summed E-state index contributed by atoms with van der Waals surface area (Å²) in [5.41, 5.74) is 0.905. The Labute approximate surface area is 160 Å². The zero-order chi connectivity index (χ0) is 17.8. The van der Waals surface area contributed by atoms with Gasteiger partial charge >= 0.3 is 0 Å². The van der Waals surface area contributed by atoms with E-state index in [0.717, 1.165) is 38.6 Å². The van der Waals surface area contributed by atoms with Crippen LogP contribution in [0, 0.1) is 0 Å². The molecule has 25 heavy (non-hydrogen) atoms. The van der Waals surface area contributed by atoms with Gasteiger partial charge in [-0.1, -0.05) is 42.4 Å². The molecule has 1 saturated heterocycles. The summed E-state index contributed by atoms with van der Waals surface area (Å²) in [6, 6.07) is 15.6. The van der Waals surface area contributed by atoms with Crippen molar-refractivity contribution in [1.29, 1.82) is 0 Å². The predicted molar refractivity (Wildman–Crippen MR) is 105 cm³/mol. The number of nitrogens with zero attached hydrogens (tertiary/aromatic N) is 1. The summed E-state index contributed by atoms with van der Waals surface area (Å²) in [5, 5.41) is 0.532. The Morgan fingerprint density at radius 2 is 1.64 bits per heavy atom. The maximum atomic E-state index is 12.2. The lowest BCUT2D eigenvalue weighted by molar-refractivity contribution is -0.122. The standard InChI is InChI=1S/C19H16ClNO2S2/c1-2-11-21-18(22)17(25-19(21)23)12-13-3-7-15(8-4-13)24-16-9-5-14(20)6-10-16/h3-10,12H,2,11H2,1H3/b17-12-. The van der Waals surface area contributed by atoms with E-state index in [4.69, 9.17) is 11.6 Å². The van der Waals surface area contributed by atoms with Crippen molar-refractivity contribution < 1.29 is 9.59 Å². The second-order valence-electron chi connectivity index (χ2n) is 5.46. The highest BCUT2D eigenvalue weighted by molar-refractivity contribution is 8.18. The first-order chi connectivity index (χ1) is 12.1. The van der Waals surface area contributed by atoms with E-state index in [1.165, 1.54) is 4.90 Å². The number of imide groups is 1. The molecule has 2 aromatic rings. The molecular formula is C19H16ClNO2S2. The molecule has 3 rings (SSSR count). The van der Waals surface area contributed by atoms with Crippen molar-refractivity contribution >= 4 is 52.3 Å². The molecule has 2 amide bonds. The van der Waals surface area contributed by atoms with Gasteiger partial charge < -0.3 is 0 Å². The van der Waals surface area contributed by atoms with Crippen LogP contribution in [0.1, 0.15) is 18.9 Å². The minimum Gasteiger partial charge on any atom is -0.268 e. The third-order valence-corrected chi connectivity index (χ3v) is 5.72. The zero-order valence-corrected chi connectivity index (χ0v) is 16.0. The lowest BCUT2D eigenvalue weighted by Crippen LogP contribution is -2.28. The van der Waals surface area contributed by atoms with Gasteiger partial charge in [-0.05, 0) is 66.2 Å². The van der Waals surface area contributed by atoms with Gasteiger partial charge in [0.1, 0.15) is 0 Å². The lowest BCUT2D eigenvalue weighted by Gasteiger charge is -2.09. The molecule has 3 nitrogen and oxygen atoms in total. The molecule has 2 aromatic carbocycles. The van der Waals surface area contributed by atoms with Crippen LogP contribution in [-0.2, 0) is 4.79 Å². The van der Waals surface area contributed by atoms with Gasteiger partial charge in [-0.15, -0.1) is 0 Å². The van der Waals surface area contributed by atoms with Crippen molar-refractivity contribution in [3.63, 3.8) is 0 Å². The van der Waals surface area contributed by atoms with E-state index in [9.17, 15) is 9.59 Å². The number of hydrogen-bond acceptors (Lipinski definition) is 4. The average molecular weight is 390 g/mol. The fourth-order valence-electron chi connectivity index (χ4n) is 2.34. The number of amides is 2. The fourth-order valence-corrected chi connectivity index (χ4v) is 4.15. The molecule has 1 heterocycles. The van der Waals surface area contributed by atoms with Gasteiger partial charge in [-0.3, -0.25) is 14.5 Å². The molecule has 0 spiro atoms. The van der Waals surface area contributed by atoms with E-state index in [0.29, 0.717) is 11.4 Å². The second-order valence-corrected chi connectivity index (χ2v) is 8.03. The van der Waals surface area contributed by atoms with E-state index >= 15 is 0 Å². The first-order valence-corrected chi connectivity index (χ1v) is 9.87. The number of hydrogen-bond donors (Lipinski definition) is 0. The minimum absolute atomic E-state index is 0.187. The Kier molecular flexibility index (Phi) is 5.89. The molecule has 1 fully saturated rings. The molecular weight excluding hydrogens is 374 g/mol. The summed E-state index contributed by atoms with van der Waals surface area (Å²) in [5.74, 6) is -0.198. The smallest absolute Gasteiger partial charge is 0.268 e. The van der Waals surface area contributed by atoms with Crippen molar-refractivity contribution in [1.82, 2.24) is 4.90 Å². The molecule has 0 unspecified atom stereocenters. The normalized spacial score (nSPS) is 16.1. The van der Waals surface area contributed by atoms with Crippen LogP contribution in [0.5, 0.6) is 0 Å². The summed E-state index contributed by atoms with van der Waals surface area (Å²) in [6.07, 6.45) is 2.54. The Bertz CT molecular complexity index is 816. The van der Waals surface area contributed by atoms with Crippen molar-refractivity contribution in [2.24, 2.45) is 0 Å². The Balaban J connectivity index is 1.71. The van der Waals surface area contributed by atoms with Gasteiger partial charge in [0.05, 0.1) is 4.91 Å². The summed E-state index contributed by atoms with van der Waals surface area (Å²) >= 11 is 8.54. The molecule has 0 N–H and O–H groups in total. The molecule has 0 bridgehead atoms. The van der Waals surface area contributed by atoms with Crippen LogP contribution in [0.3, 0.4) is 0 Å². The van der Waals surface area contributed by atoms with Gasteiger partial charge in [0.2, 0.25) is 0 Å². The lowest BCUT2D eigenvalue weighted by atomic mass is 10.2. The first-order valence-electron chi connectivity index (χ1n) is 7.85. The largest absolute Gasteiger partial charge is 0.293 e. The van der Waals surface area contributed by atoms with Gasteiger partial charge in [0.25, 0.3) is 11.1 Å². The van der Waals surface area contributed by atoms with E-state index in [1.807, 2.05) is 55.5 Å². The quantitative estimate of drug-likeness (QED) is 0.593. The van der Waals surface area contributed by atoms with Crippen molar-refractivity contribution in [2.75, 3.05) is 6.54 Å². The number of thioether (sulfide) groups is 1. The zero-order valence-electron chi connectivity index (χ0n) is 13.6. The number of carbonyl (C=O) groups is 2. The Morgan fingerprint density at radius 3 is 2.24 bits per heavy atom. The number of carbonyl (C=O) groups excluding carboxylic acids is 2. The molecule has 0 atom stereocenters. The van der Waals surface area contributed by atoms with Crippen LogP contribution < -0.4 is 0 Å². The number of halogens is 1. The monoisotopic (exact) mass is 389 g/mol. The van der Waals surface area contributed by atoms with Crippen LogP contribution >= 0.6 is 35.1 Å². The topological polar surface area (TPSA) is 37.4 Å². The molecule has 1 aliphatic heterocycles. The molecule has 1 aliphatic rings. The number of benzene rings is 2. The SMILES string of the molecule is CCCN1C(=O)S/C(=C\c2ccc(Sc3ccc(Cl)cc3)cc2)C1=O. The third-order valence-electron chi connectivity index (χ3n) is 3.55. The highest BCUT2D eigenvalue weighted by Gasteiger charge is 2.34. The van der Waals surface area contributed by atoms with E-state index in [-0.39, 0.29) is 11.1 Å². The van der Waals surface area contributed by atoms with Crippen molar-refractivity contribution in [3.8, 4) is 0 Å². The van der Waals surface area contributed by atoms with E-state index < -0.39 is 0 Å². The maximum absolute atomic E-state index is 12.2. The Hall–Kier alpha value is -1.69. The average Bonchev–Trinajstić information content (AvgIpc) is 2.86. The summed E-state index contributed by atoms with van der Waals surface area (Å²) in [7, 11) is 0. The fraction of sp³-hybridized carbons (Fsp3) is 0.158. The van der Waals surface area contributed by atoms with Crippen LogP contribution in [0.25, 0.3) is 6.08 Å². The van der Waals surface area contributed by atoms with Gasteiger partial charge in [0, 0.05) is 21.4 Å². The molecule has 0 radical (unpaired) electrons. The summed E-state index contributed by atoms with van der Waals surface area (Å²) in [6.45, 7) is 2.42. The molecule has 0 aromatic heterocycles. The van der Waals surface area contributed by atoms with Crippen LogP contribution in [0.15, 0.2) is 63.2 Å². The van der Waals surface area contributed by atoms with Crippen LogP contribution in [0.2, 0.25) is 5.02 Å². The molecule has 128 valence electrons. The molecule has 6 heteroatoms. The summed E-state index contributed by atoms with van der Waals surface area (Å²) < 4.78 is 0. The maximum Gasteiger partial charge on any atom is 0.293 e. The minimum atomic E-state index is -0.198. The van der Waals surface area contributed by atoms with E-state index in [2.05, 4.69) is 0 Å². The number of rotatable bonds is 5. The molecule has 0 saturated carbocycles. The van der Waals surface area contributed by atoms with Crippen molar-refractivity contribution in [2.45, 2.75) is 23.1 Å².